The Morgan fingerprint density at radius 3 is 2.79 bits per heavy atom. The van der Waals surface area contributed by atoms with Crippen molar-refractivity contribution in [1.82, 2.24) is 20.1 Å². The van der Waals surface area contributed by atoms with Crippen LogP contribution in [-0.4, -0.2) is 38.3 Å². The zero-order valence-electron chi connectivity index (χ0n) is 16.9. The number of amides is 1. The minimum Gasteiger partial charge on any atom is -0.423 e. The molecule has 0 N–H and O–H groups in total. The van der Waals surface area contributed by atoms with Crippen molar-refractivity contribution in [3.05, 3.63) is 41.9 Å². The summed E-state index contributed by atoms with van der Waals surface area (Å²) >= 11 is 0. The van der Waals surface area contributed by atoms with Crippen LogP contribution in [0.15, 0.2) is 28.9 Å². The number of hydrogen-bond acceptors (Lipinski definition) is 6. The summed E-state index contributed by atoms with van der Waals surface area (Å²) in [7, 11) is 0. The van der Waals surface area contributed by atoms with Gasteiger partial charge in [0.05, 0.1) is 0 Å². The number of Topliss-reactive ketones (excluding diaryl/α,β-unsaturated/α-hetero) is 1. The fourth-order valence-electron chi connectivity index (χ4n) is 3.31. The first kappa shape index (κ1) is 20.2. The van der Waals surface area contributed by atoms with E-state index in [9.17, 15) is 9.59 Å². The van der Waals surface area contributed by atoms with Gasteiger partial charge in [0.2, 0.25) is 17.6 Å². The second kappa shape index (κ2) is 8.63. The molecule has 2 aromatic rings. The van der Waals surface area contributed by atoms with E-state index in [-0.39, 0.29) is 11.8 Å². The first-order chi connectivity index (χ1) is 13.4. The van der Waals surface area contributed by atoms with Crippen molar-refractivity contribution < 1.29 is 14.0 Å². The van der Waals surface area contributed by atoms with Gasteiger partial charge in [0.25, 0.3) is 5.91 Å². The molecule has 1 atom stereocenters. The van der Waals surface area contributed by atoms with Gasteiger partial charge < -0.3 is 9.32 Å². The molecule has 7 nitrogen and oxygen atoms in total. The van der Waals surface area contributed by atoms with Gasteiger partial charge in [-0.05, 0) is 43.7 Å². The van der Waals surface area contributed by atoms with Gasteiger partial charge in [0, 0.05) is 30.8 Å². The van der Waals surface area contributed by atoms with Gasteiger partial charge in [-0.1, -0.05) is 26.8 Å². The third-order valence-corrected chi connectivity index (χ3v) is 5.57. The number of ketones is 1. The molecule has 1 aliphatic heterocycles. The van der Waals surface area contributed by atoms with Crippen LogP contribution in [0.2, 0.25) is 0 Å². The van der Waals surface area contributed by atoms with Gasteiger partial charge in [-0.25, -0.2) is 0 Å². The fourth-order valence-corrected chi connectivity index (χ4v) is 3.31. The number of rotatable bonds is 7. The lowest BCUT2D eigenvalue weighted by Gasteiger charge is -2.34. The van der Waals surface area contributed by atoms with E-state index in [1.54, 1.807) is 11.1 Å². The SMILES string of the molecule is CCC(C)(C)C(=O)C(=O)N1CCCC[C@H]1c1nnc(CCc2cccnc2)o1. The number of aryl methyl sites for hydroxylation is 2. The standard InChI is InChI=1S/C21H28N4O3/c1-4-21(2,3)18(26)20(27)25-13-6-5-9-16(25)19-24-23-17(28-19)11-10-15-8-7-12-22-14-15/h7-8,12,14,16H,4-6,9-11,13H2,1-3H3/t16-/m0/s1. The Morgan fingerprint density at radius 1 is 1.25 bits per heavy atom. The quantitative estimate of drug-likeness (QED) is 0.681. The monoisotopic (exact) mass is 384 g/mol. The number of pyridine rings is 1. The molecule has 1 saturated heterocycles. The molecule has 0 spiro atoms. The van der Waals surface area contributed by atoms with E-state index in [1.807, 2.05) is 39.1 Å². The van der Waals surface area contributed by atoms with Gasteiger partial charge >= 0.3 is 0 Å². The molecule has 3 heterocycles. The molecule has 28 heavy (non-hydrogen) atoms. The Kier molecular flexibility index (Phi) is 6.21. The van der Waals surface area contributed by atoms with Crippen LogP contribution < -0.4 is 0 Å². The second-order valence-corrected chi connectivity index (χ2v) is 7.97. The Bertz CT molecular complexity index is 816. The topological polar surface area (TPSA) is 89.2 Å². The summed E-state index contributed by atoms with van der Waals surface area (Å²) in [5.74, 6) is 0.179. The number of likely N-dealkylation sites (tertiary alicyclic amines) is 1. The van der Waals surface area contributed by atoms with Gasteiger partial charge in [0.15, 0.2) is 0 Å². The first-order valence-corrected chi connectivity index (χ1v) is 9.99. The number of hydrogen-bond donors (Lipinski definition) is 0. The van der Waals surface area contributed by atoms with E-state index in [2.05, 4.69) is 15.2 Å². The van der Waals surface area contributed by atoms with Crippen LogP contribution in [0.4, 0.5) is 0 Å². The van der Waals surface area contributed by atoms with Gasteiger partial charge in [-0.3, -0.25) is 14.6 Å². The fraction of sp³-hybridized carbons (Fsp3) is 0.571. The van der Waals surface area contributed by atoms with E-state index in [4.69, 9.17) is 4.42 Å². The summed E-state index contributed by atoms with van der Waals surface area (Å²) in [4.78, 5) is 31.3. The molecule has 150 valence electrons. The lowest BCUT2D eigenvalue weighted by Crippen LogP contribution is -2.46. The van der Waals surface area contributed by atoms with Crippen molar-refractivity contribution >= 4 is 11.7 Å². The summed E-state index contributed by atoms with van der Waals surface area (Å²) in [6, 6.07) is 3.58. The van der Waals surface area contributed by atoms with Crippen LogP contribution in [0.5, 0.6) is 0 Å². The number of carbonyl (C=O) groups is 2. The zero-order chi connectivity index (χ0) is 20.1. The maximum absolute atomic E-state index is 12.9. The molecule has 0 unspecified atom stereocenters. The second-order valence-electron chi connectivity index (χ2n) is 7.97. The minimum absolute atomic E-state index is 0.322. The highest BCUT2D eigenvalue weighted by Crippen LogP contribution is 2.32. The molecule has 1 amide bonds. The lowest BCUT2D eigenvalue weighted by atomic mass is 9.84. The van der Waals surface area contributed by atoms with E-state index in [1.165, 1.54) is 0 Å². The van der Waals surface area contributed by atoms with Gasteiger partial charge in [0.1, 0.15) is 6.04 Å². The molecular formula is C21H28N4O3. The van der Waals surface area contributed by atoms with Crippen LogP contribution in [0, 0.1) is 5.41 Å². The highest BCUT2D eigenvalue weighted by atomic mass is 16.4. The van der Waals surface area contributed by atoms with Crippen molar-refractivity contribution in [3.8, 4) is 0 Å². The molecule has 0 saturated carbocycles. The third kappa shape index (κ3) is 4.46. The Hall–Kier alpha value is -2.57. The molecule has 0 radical (unpaired) electrons. The number of piperidine rings is 1. The van der Waals surface area contributed by atoms with E-state index < -0.39 is 11.3 Å². The molecule has 0 aromatic carbocycles. The number of aromatic nitrogens is 3. The van der Waals surface area contributed by atoms with E-state index >= 15 is 0 Å². The molecular weight excluding hydrogens is 356 g/mol. The smallest absolute Gasteiger partial charge is 0.291 e. The summed E-state index contributed by atoms with van der Waals surface area (Å²) in [5.41, 5.74) is 0.437. The molecule has 3 rings (SSSR count). The summed E-state index contributed by atoms with van der Waals surface area (Å²) < 4.78 is 5.87. The van der Waals surface area contributed by atoms with Crippen LogP contribution in [0.3, 0.4) is 0 Å². The van der Waals surface area contributed by atoms with Crippen molar-refractivity contribution in [2.24, 2.45) is 5.41 Å². The minimum atomic E-state index is -0.664. The molecule has 7 heteroatoms. The summed E-state index contributed by atoms with van der Waals surface area (Å²) in [5, 5.41) is 8.34. The highest BCUT2D eigenvalue weighted by molar-refractivity contribution is 6.38. The van der Waals surface area contributed by atoms with Crippen molar-refractivity contribution in [2.75, 3.05) is 6.54 Å². The molecule has 1 aliphatic rings. The highest BCUT2D eigenvalue weighted by Gasteiger charge is 2.39. The van der Waals surface area contributed by atoms with Crippen LogP contribution in [0.25, 0.3) is 0 Å². The summed E-state index contributed by atoms with van der Waals surface area (Å²) in [6.07, 6.45) is 8.12. The van der Waals surface area contributed by atoms with Crippen LogP contribution in [0.1, 0.15) is 69.8 Å². The number of carbonyl (C=O) groups excluding carboxylic acids is 2. The normalized spacial score (nSPS) is 17.5. The zero-order valence-corrected chi connectivity index (χ0v) is 16.9. The van der Waals surface area contributed by atoms with Gasteiger partial charge in [-0.15, -0.1) is 10.2 Å². The molecule has 2 aromatic heterocycles. The van der Waals surface area contributed by atoms with Crippen molar-refractivity contribution in [1.29, 1.82) is 0 Å². The third-order valence-electron chi connectivity index (χ3n) is 5.57. The molecule has 0 bridgehead atoms. The largest absolute Gasteiger partial charge is 0.423 e. The van der Waals surface area contributed by atoms with Gasteiger partial charge in [-0.2, -0.15) is 0 Å². The van der Waals surface area contributed by atoms with E-state index in [0.717, 1.165) is 31.2 Å². The number of nitrogens with zero attached hydrogens (tertiary/aromatic N) is 4. The average molecular weight is 384 g/mol. The predicted molar refractivity (Wildman–Crippen MR) is 103 cm³/mol. The van der Waals surface area contributed by atoms with Crippen LogP contribution >= 0.6 is 0 Å². The first-order valence-electron chi connectivity index (χ1n) is 9.99. The Labute approximate surface area is 165 Å². The average Bonchev–Trinajstić information content (AvgIpc) is 3.21. The van der Waals surface area contributed by atoms with Crippen LogP contribution in [-0.2, 0) is 22.4 Å². The predicted octanol–water partition coefficient (Wildman–Crippen LogP) is 3.31. The summed E-state index contributed by atoms with van der Waals surface area (Å²) in [6.45, 7) is 6.10. The van der Waals surface area contributed by atoms with Crippen molar-refractivity contribution in [3.63, 3.8) is 0 Å². The van der Waals surface area contributed by atoms with Crippen molar-refractivity contribution in [2.45, 2.75) is 65.3 Å². The Morgan fingerprint density at radius 2 is 2.07 bits per heavy atom. The lowest BCUT2D eigenvalue weighted by molar-refractivity contribution is -0.152. The molecule has 0 aliphatic carbocycles. The maximum Gasteiger partial charge on any atom is 0.291 e. The molecule has 1 fully saturated rings. The Balaban J connectivity index is 1.71. The van der Waals surface area contributed by atoms with E-state index in [0.29, 0.717) is 31.2 Å². The maximum atomic E-state index is 12.9.